The molecule has 1 fully saturated rings. The maximum Gasteiger partial charge on any atom is 0.245 e. The van der Waals surface area contributed by atoms with E-state index in [1.54, 1.807) is 16.7 Å². The fourth-order valence-electron chi connectivity index (χ4n) is 3.56. The lowest BCUT2D eigenvalue weighted by atomic mass is 10.1. The van der Waals surface area contributed by atoms with Crippen LogP contribution in [0.4, 0.5) is 0 Å². The number of pyridine rings is 1. The Labute approximate surface area is 158 Å². The molecule has 3 aromatic rings. The molecular formula is C21H22N4O2. The summed E-state index contributed by atoms with van der Waals surface area (Å²) in [6.07, 6.45) is 3.86. The van der Waals surface area contributed by atoms with Gasteiger partial charge in [-0.2, -0.15) is 0 Å². The van der Waals surface area contributed by atoms with Crippen molar-refractivity contribution in [2.75, 3.05) is 6.54 Å². The zero-order valence-electron chi connectivity index (χ0n) is 15.5. The summed E-state index contributed by atoms with van der Waals surface area (Å²) in [5.74, 6) is -0.0785. The van der Waals surface area contributed by atoms with Crippen molar-refractivity contribution in [1.29, 1.82) is 0 Å². The molecule has 138 valence electrons. The van der Waals surface area contributed by atoms with Gasteiger partial charge in [0.1, 0.15) is 18.2 Å². The Morgan fingerprint density at radius 1 is 1.07 bits per heavy atom. The van der Waals surface area contributed by atoms with Crippen molar-refractivity contribution in [3.05, 3.63) is 71.7 Å². The highest BCUT2D eigenvalue weighted by molar-refractivity contribution is 5.94. The summed E-state index contributed by atoms with van der Waals surface area (Å²) < 4.78 is 1.95. The predicted molar refractivity (Wildman–Crippen MR) is 102 cm³/mol. The van der Waals surface area contributed by atoms with Crippen LogP contribution in [0.3, 0.4) is 0 Å². The van der Waals surface area contributed by atoms with E-state index in [9.17, 15) is 9.59 Å². The summed E-state index contributed by atoms with van der Waals surface area (Å²) in [7, 11) is 0. The number of hydrogen-bond acceptors (Lipinski definition) is 3. The molecule has 1 atom stereocenters. The summed E-state index contributed by atoms with van der Waals surface area (Å²) in [6, 6.07) is 13.2. The molecule has 1 saturated heterocycles. The average Bonchev–Trinajstić information content (AvgIpc) is 3.08. The second kappa shape index (κ2) is 6.87. The second-order valence-corrected chi connectivity index (χ2v) is 7.03. The lowest BCUT2D eigenvalue weighted by Crippen LogP contribution is -2.58. The van der Waals surface area contributed by atoms with E-state index in [1.165, 1.54) is 0 Å². The Morgan fingerprint density at radius 3 is 2.59 bits per heavy atom. The first-order valence-corrected chi connectivity index (χ1v) is 9.08. The van der Waals surface area contributed by atoms with E-state index in [1.807, 2.05) is 66.2 Å². The van der Waals surface area contributed by atoms with Gasteiger partial charge in [0.25, 0.3) is 0 Å². The number of aromatic nitrogens is 2. The van der Waals surface area contributed by atoms with Gasteiger partial charge in [-0.3, -0.25) is 9.59 Å². The summed E-state index contributed by atoms with van der Waals surface area (Å²) in [5.41, 5.74) is 3.76. The summed E-state index contributed by atoms with van der Waals surface area (Å²) in [5, 5.41) is 0. The van der Waals surface area contributed by atoms with E-state index in [2.05, 4.69) is 4.98 Å². The standard InChI is InChI=1S/C21H22N4O2/c1-15-7-6-10-23-12-18(22-20(15)23)13-25-16(2)21(27)24(14-19(25)26)11-17-8-4-3-5-9-17/h3-10,12,16H,11,13-14H2,1-2H3/t16-/m0/s1. The van der Waals surface area contributed by atoms with Gasteiger partial charge in [0.05, 0.1) is 12.2 Å². The minimum Gasteiger partial charge on any atom is -0.327 e. The lowest BCUT2D eigenvalue weighted by Gasteiger charge is -2.38. The van der Waals surface area contributed by atoms with Gasteiger partial charge in [-0.1, -0.05) is 36.4 Å². The maximum atomic E-state index is 12.8. The molecule has 4 rings (SSSR count). The molecule has 3 heterocycles. The van der Waals surface area contributed by atoms with Crippen LogP contribution in [0.1, 0.15) is 23.7 Å². The Kier molecular flexibility index (Phi) is 4.39. The topological polar surface area (TPSA) is 57.9 Å². The van der Waals surface area contributed by atoms with E-state index < -0.39 is 6.04 Å². The van der Waals surface area contributed by atoms with Crippen molar-refractivity contribution in [2.24, 2.45) is 0 Å². The number of nitrogens with zero attached hydrogens (tertiary/aromatic N) is 4. The number of piperazine rings is 1. The van der Waals surface area contributed by atoms with Crippen LogP contribution in [0, 0.1) is 6.92 Å². The number of fused-ring (bicyclic) bond motifs is 1. The zero-order chi connectivity index (χ0) is 19.0. The second-order valence-electron chi connectivity index (χ2n) is 7.03. The summed E-state index contributed by atoms with van der Waals surface area (Å²) in [4.78, 5) is 33.4. The van der Waals surface area contributed by atoms with Crippen molar-refractivity contribution in [2.45, 2.75) is 33.0 Å². The first-order valence-electron chi connectivity index (χ1n) is 9.08. The van der Waals surface area contributed by atoms with Gasteiger partial charge in [-0.05, 0) is 31.0 Å². The highest BCUT2D eigenvalue weighted by atomic mass is 16.2. The molecule has 1 aliphatic heterocycles. The first-order chi connectivity index (χ1) is 13.0. The third-order valence-corrected chi connectivity index (χ3v) is 5.06. The Balaban J connectivity index is 1.51. The van der Waals surface area contributed by atoms with Crippen LogP contribution in [0.15, 0.2) is 54.9 Å². The summed E-state index contributed by atoms with van der Waals surface area (Å²) in [6.45, 7) is 4.69. The van der Waals surface area contributed by atoms with Crippen LogP contribution in [0.5, 0.6) is 0 Å². The molecule has 1 aromatic carbocycles. The number of amides is 2. The van der Waals surface area contributed by atoms with Gasteiger partial charge < -0.3 is 14.2 Å². The largest absolute Gasteiger partial charge is 0.327 e. The molecule has 0 bridgehead atoms. The molecule has 0 saturated carbocycles. The van der Waals surface area contributed by atoms with Gasteiger partial charge in [0.2, 0.25) is 11.8 Å². The fraction of sp³-hybridized carbons (Fsp3) is 0.286. The van der Waals surface area contributed by atoms with Crippen LogP contribution in [-0.4, -0.2) is 43.6 Å². The number of rotatable bonds is 4. The molecule has 6 nitrogen and oxygen atoms in total. The molecule has 0 N–H and O–H groups in total. The Bertz CT molecular complexity index is 996. The Morgan fingerprint density at radius 2 is 1.85 bits per heavy atom. The van der Waals surface area contributed by atoms with Gasteiger partial charge in [0, 0.05) is 18.9 Å². The van der Waals surface area contributed by atoms with Crippen molar-refractivity contribution in [3.8, 4) is 0 Å². The van der Waals surface area contributed by atoms with Crippen LogP contribution in [-0.2, 0) is 22.7 Å². The van der Waals surface area contributed by atoms with E-state index >= 15 is 0 Å². The average molecular weight is 362 g/mol. The number of carbonyl (C=O) groups excluding carboxylic acids is 2. The first kappa shape index (κ1) is 17.3. The number of carbonyl (C=O) groups is 2. The van der Waals surface area contributed by atoms with Crippen LogP contribution in [0.2, 0.25) is 0 Å². The molecule has 0 aliphatic carbocycles. The monoisotopic (exact) mass is 362 g/mol. The SMILES string of the molecule is Cc1cccn2cc(CN3C(=O)CN(Cc4ccccc4)C(=O)[C@@H]3C)nc12. The van der Waals surface area contributed by atoms with E-state index in [0.29, 0.717) is 13.1 Å². The van der Waals surface area contributed by atoms with Crippen LogP contribution in [0.25, 0.3) is 5.65 Å². The normalized spacial score (nSPS) is 17.8. The Hall–Kier alpha value is -3.15. The van der Waals surface area contributed by atoms with Gasteiger partial charge in [-0.15, -0.1) is 0 Å². The van der Waals surface area contributed by atoms with E-state index in [0.717, 1.165) is 22.5 Å². The molecule has 0 radical (unpaired) electrons. The van der Waals surface area contributed by atoms with Crippen molar-refractivity contribution >= 4 is 17.5 Å². The quantitative estimate of drug-likeness (QED) is 0.716. The molecule has 0 unspecified atom stereocenters. The molecule has 2 aromatic heterocycles. The number of benzene rings is 1. The smallest absolute Gasteiger partial charge is 0.245 e. The number of aryl methyl sites for hydroxylation is 1. The van der Waals surface area contributed by atoms with Crippen molar-refractivity contribution < 1.29 is 9.59 Å². The molecular weight excluding hydrogens is 340 g/mol. The predicted octanol–water partition coefficient (Wildman–Crippen LogP) is 2.40. The van der Waals surface area contributed by atoms with Crippen LogP contribution < -0.4 is 0 Å². The molecule has 0 spiro atoms. The van der Waals surface area contributed by atoms with Crippen LogP contribution >= 0.6 is 0 Å². The third kappa shape index (κ3) is 3.30. The van der Waals surface area contributed by atoms with Crippen molar-refractivity contribution in [1.82, 2.24) is 19.2 Å². The number of hydrogen-bond donors (Lipinski definition) is 0. The summed E-state index contributed by atoms with van der Waals surface area (Å²) >= 11 is 0. The minimum absolute atomic E-state index is 0.0293. The highest BCUT2D eigenvalue weighted by Gasteiger charge is 2.36. The molecule has 2 amide bonds. The molecule has 1 aliphatic rings. The van der Waals surface area contributed by atoms with Gasteiger partial charge in [0.15, 0.2) is 0 Å². The van der Waals surface area contributed by atoms with Crippen molar-refractivity contribution in [3.63, 3.8) is 0 Å². The fourth-order valence-corrected chi connectivity index (χ4v) is 3.56. The minimum atomic E-state index is -0.499. The number of imidazole rings is 1. The highest BCUT2D eigenvalue weighted by Crippen LogP contribution is 2.19. The van der Waals surface area contributed by atoms with Gasteiger partial charge in [-0.25, -0.2) is 4.98 Å². The molecule has 27 heavy (non-hydrogen) atoms. The maximum absolute atomic E-state index is 12.8. The zero-order valence-corrected chi connectivity index (χ0v) is 15.5. The van der Waals surface area contributed by atoms with E-state index in [-0.39, 0.29) is 18.4 Å². The van der Waals surface area contributed by atoms with Gasteiger partial charge >= 0.3 is 0 Å². The third-order valence-electron chi connectivity index (χ3n) is 5.06. The van der Waals surface area contributed by atoms with E-state index in [4.69, 9.17) is 0 Å². The lowest BCUT2D eigenvalue weighted by molar-refractivity contribution is -0.156. The molecule has 6 heteroatoms.